The zero-order valence-corrected chi connectivity index (χ0v) is 23.8. The number of amides is 1. The highest BCUT2D eigenvalue weighted by molar-refractivity contribution is 7.74. The van der Waals surface area contributed by atoms with Crippen molar-refractivity contribution in [2.45, 2.75) is 0 Å². The molecule has 1 amide bonds. The lowest BCUT2D eigenvalue weighted by molar-refractivity contribution is 0.102. The van der Waals surface area contributed by atoms with Gasteiger partial charge in [-0.1, -0.05) is 18.2 Å². The number of nitrogens with one attached hydrogen (secondary N) is 2. The molecular formula is C30H27N5O6S. The number of ether oxygens (including phenoxy) is 3. The summed E-state index contributed by atoms with van der Waals surface area (Å²) in [4.78, 5) is 22.2. The first-order chi connectivity index (χ1) is 20.4. The average molecular weight is 586 g/mol. The molecule has 1 heterocycles. The molecule has 2 N–H and O–H groups in total. The van der Waals surface area contributed by atoms with E-state index in [1.165, 1.54) is 14.2 Å². The number of carbonyl (C=O) groups excluding carboxylic acids is 1. The molecule has 0 saturated carbocycles. The van der Waals surface area contributed by atoms with Gasteiger partial charge in [0.1, 0.15) is 17.2 Å². The standard InChI is InChI=1S/C30H27N5O6S/c1-39-23-13-11-19(12-14-23)30(36)32-20-7-6-8-22(15-20)35(42(37)38)29-28(33-26-9-4-5-10-27(26)34-29)31-21-16-24(40-2)18-25(17-21)41-3/h4-18,42H,1-3H3,(H,31,33)(H,32,36). The number of anilines is 5. The first-order valence-corrected chi connectivity index (χ1v) is 13.8. The van der Waals surface area contributed by atoms with Crippen LogP contribution < -0.4 is 29.1 Å². The van der Waals surface area contributed by atoms with Crippen LogP contribution in [0.5, 0.6) is 17.2 Å². The molecule has 0 bridgehead atoms. The first kappa shape index (κ1) is 28.2. The Kier molecular flexibility index (Phi) is 8.34. The van der Waals surface area contributed by atoms with Crippen LogP contribution in [0.15, 0.2) is 91.0 Å². The Bertz CT molecular complexity index is 1800. The fourth-order valence-electron chi connectivity index (χ4n) is 4.19. The molecule has 0 saturated heterocycles. The van der Waals surface area contributed by atoms with Gasteiger partial charge in [-0.2, -0.15) is 0 Å². The van der Waals surface area contributed by atoms with Crippen molar-refractivity contribution in [3.8, 4) is 17.2 Å². The maximum atomic E-state index is 12.9. The van der Waals surface area contributed by atoms with E-state index in [0.29, 0.717) is 45.2 Å². The Morgan fingerprint density at radius 3 is 1.98 bits per heavy atom. The molecule has 4 aromatic carbocycles. The Balaban J connectivity index is 1.55. The molecule has 0 unspecified atom stereocenters. The monoisotopic (exact) mass is 585 g/mol. The number of para-hydroxylation sites is 2. The molecule has 1 aromatic heterocycles. The normalized spacial score (nSPS) is 10.8. The number of benzene rings is 4. The number of carbonyl (C=O) groups is 1. The molecule has 0 aliphatic heterocycles. The van der Waals surface area contributed by atoms with Crippen molar-refractivity contribution in [2.24, 2.45) is 0 Å². The summed E-state index contributed by atoms with van der Waals surface area (Å²) in [5, 5.41) is 5.98. The highest BCUT2D eigenvalue weighted by Crippen LogP contribution is 2.36. The Labute approximate surface area is 243 Å². The SMILES string of the molecule is COc1ccc(C(=O)Nc2cccc(N(c3nc4ccccc4nc3Nc3cc(OC)cc(OC)c3)[SH](=O)=O)c2)cc1. The number of hydrogen-bond acceptors (Lipinski definition) is 9. The highest BCUT2D eigenvalue weighted by atomic mass is 32.2. The fourth-order valence-corrected chi connectivity index (χ4v) is 4.80. The maximum Gasteiger partial charge on any atom is 0.255 e. The van der Waals surface area contributed by atoms with Crippen LogP contribution >= 0.6 is 0 Å². The third kappa shape index (κ3) is 6.18. The predicted octanol–water partition coefficient (Wildman–Crippen LogP) is 5.32. The van der Waals surface area contributed by atoms with Gasteiger partial charge in [0.25, 0.3) is 5.91 Å². The van der Waals surface area contributed by atoms with Gasteiger partial charge < -0.3 is 24.8 Å². The van der Waals surface area contributed by atoms with Crippen LogP contribution in [0.4, 0.5) is 28.7 Å². The van der Waals surface area contributed by atoms with Crippen LogP contribution in [0.1, 0.15) is 10.4 Å². The molecule has 0 aliphatic rings. The predicted molar refractivity (Wildman–Crippen MR) is 162 cm³/mol. The van der Waals surface area contributed by atoms with Gasteiger partial charge in [-0.25, -0.2) is 22.7 Å². The second-order valence-corrected chi connectivity index (χ2v) is 9.77. The zero-order chi connectivity index (χ0) is 29.6. The number of aromatic nitrogens is 2. The number of hydrogen-bond donors (Lipinski definition) is 3. The Hall–Kier alpha value is -5.36. The van der Waals surface area contributed by atoms with Gasteiger partial charge in [-0.3, -0.25) is 4.79 Å². The molecule has 0 aliphatic carbocycles. The first-order valence-electron chi connectivity index (χ1n) is 12.7. The maximum absolute atomic E-state index is 12.9. The van der Waals surface area contributed by atoms with Crippen LogP contribution in [0.3, 0.4) is 0 Å². The second kappa shape index (κ2) is 12.4. The van der Waals surface area contributed by atoms with E-state index >= 15 is 0 Å². The molecule has 12 heteroatoms. The van der Waals surface area contributed by atoms with Crippen LogP contribution in [0, 0.1) is 0 Å². The molecule has 0 atom stereocenters. The molecule has 214 valence electrons. The minimum Gasteiger partial charge on any atom is -0.497 e. The molecule has 11 nitrogen and oxygen atoms in total. The molecule has 0 radical (unpaired) electrons. The van der Waals surface area contributed by atoms with Crippen molar-refractivity contribution < 1.29 is 27.4 Å². The minimum absolute atomic E-state index is 0.0326. The summed E-state index contributed by atoms with van der Waals surface area (Å²) in [6.07, 6.45) is 0. The van der Waals surface area contributed by atoms with Crippen molar-refractivity contribution in [3.63, 3.8) is 0 Å². The van der Waals surface area contributed by atoms with E-state index in [-0.39, 0.29) is 23.2 Å². The van der Waals surface area contributed by atoms with Gasteiger partial charge in [0.2, 0.25) is 10.9 Å². The number of nitrogens with zero attached hydrogens (tertiary/aromatic N) is 3. The van der Waals surface area contributed by atoms with Gasteiger partial charge >= 0.3 is 0 Å². The Morgan fingerprint density at radius 2 is 1.36 bits per heavy atom. The van der Waals surface area contributed by atoms with Crippen molar-refractivity contribution in [3.05, 3.63) is 96.6 Å². The number of fused-ring (bicyclic) bond motifs is 1. The van der Waals surface area contributed by atoms with E-state index in [1.807, 2.05) is 6.07 Å². The van der Waals surface area contributed by atoms with Crippen LogP contribution in [-0.2, 0) is 10.9 Å². The van der Waals surface area contributed by atoms with E-state index in [0.717, 1.165) is 4.31 Å². The Morgan fingerprint density at radius 1 is 0.714 bits per heavy atom. The van der Waals surface area contributed by atoms with Crippen molar-refractivity contribution >= 4 is 56.5 Å². The minimum atomic E-state index is -3.25. The van der Waals surface area contributed by atoms with Crippen LogP contribution in [-0.4, -0.2) is 45.6 Å². The van der Waals surface area contributed by atoms with Gasteiger partial charge in [0.05, 0.1) is 38.1 Å². The van der Waals surface area contributed by atoms with Crippen molar-refractivity contribution in [1.82, 2.24) is 9.97 Å². The van der Waals surface area contributed by atoms with Crippen molar-refractivity contribution in [1.29, 1.82) is 0 Å². The van der Waals surface area contributed by atoms with E-state index in [9.17, 15) is 13.2 Å². The largest absolute Gasteiger partial charge is 0.497 e. The summed E-state index contributed by atoms with van der Waals surface area (Å²) in [5.41, 5.74) is 2.63. The summed E-state index contributed by atoms with van der Waals surface area (Å²) >= 11 is 0. The van der Waals surface area contributed by atoms with Gasteiger partial charge in [0, 0.05) is 35.1 Å². The van der Waals surface area contributed by atoms with Gasteiger partial charge in [-0.05, 0) is 54.6 Å². The molecule has 0 spiro atoms. The van der Waals surface area contributed by atoms with E-state index in [2.05, 4.69) is 15.6 Å². The van der Waals surface area contributed by atoms with Crippen LogP contribution in [0.25, 0.3) is 11.0 Å². The van der Waals surface area contributed by atoms with E-state index in [4.69, 9.17) is 19.2 Å². The smallest absolute Gasteiger partial charge is 0.255 e. The highest BCUT2D eigenvalue weighted by Gasteiger charge is 2.22. The summed E-state index contributed by atoms with van der Waals surface area (Å²) in [7, 11) is 1.36. The lowest BCUT2D eigenvalue weighted by atomic mass is 10.2. The second-order valence-electron chi connectivity index (χ2n) is 8.89. The van der Waals surface area contributed by atoms with E-state index in [1.54, 1.807) is 92.0 Å². The fraction of sp³-hybridized carbons (Fsp3) is 0.100. The summed E-state index contributed by atoms with van der Waals surface area (Å²) in [6, 6.07) is 25.4. The summed E-state index contributed by atoms with van der Waals surface area (Å²) < 4.78 is 42.5. The van der Waals surface area contributed by atoms with Crippen molar-refractivity contribution in [2.75, 3.05) is 36.3 Å². The number of thiol groups is 1. The zero-order valence-electron chi connectivity index (χ0n) is 22.9. The third-order valence-electron chi connectivity index (χ3n) is 6.23. The molecule has 0 fully saturated rings. The van der Waals surface area contributed by atoms with E-state index < -0.39 is 10.9 Å². The average Bonchev–Trinajstić information content (AvgIpc) is 3.01. The topological polar surface area (TPSA) is 132 Å². The van der Waals surface area contributed by atoms with Gasteiger partial charge in [0.15, 0.2) is 11.6 Å². The number of methoxy groups -OCH3 is 3. The molecule has 5 rings (SSSR count). The molecule has 5 aromatic rings. The van der Waals surface area contributed by atoms with Crippen LogP contribution in [0.2, 0.25) is 0 Å². The third-order valence-corrected chi connectivity index (χ3v) is 6.98. The molecular weight excluding hydrogens is 558 g/mol. The summed E-state index contributed by atoms with van der Waals surface area (Å²) in [6.45, 7) is 0. The lowest BCUT2D eigenvalue weighted by Crippen LogP contribution is -2.19. The number of rotatable bonds is 10. The molecule has 42 heavy (non-hydrogen) atoms. The summed E-state index contributed by atoms with van der Waals surface area (Å²) in [5.74, 6) is 1.52. The quantitative estimate of drug-likeness (QED) is 0.186. The van der Waals surface area contributed by atoms with Gasteiger partial charge in [-0.15, -0.1) is 0 Å². The lowest BCUT2D eigenvalue weighted by Gasteiger charge is -2.21.